The second-order valence-corrected chi connectivity index (χ2v) is 5.84. The van der Waals surface area contributed by atoms with Crippen LogP contribution in [0.5, 0.6) is 5.75 Å². The van der Waals surface area contributed by atoms with Crippen LogP contribution in [0.15, 0.2) is 78.9 Å². The van der Waals surface area contributed by atoms with Crippen LogP contribution >= 0.6 is 0 Å². The van der Waals surface area contributed by atoms with E-state index >= 15 is 0 Å². The first kappa shape index (κ1) is 16.7. The van der Waals surface area contributed by atoms with Gasteiger partial charge in [-0.15, -0.1) is 0 Å². The summed E-state index contributed by atoms with van der Waals surface area (Å²) in [5.41, 5.74) is 0.838. The molecule has 0 aromatic heterocycles. The predicted octanol–water partition coefficient (Wildman–Crippen LogP) is 4.87. The lowest BCUT2D eigenvalue weighted by Crippen LogP contribution is -2.38. The molecule has 1 unspecified atom stereocenters. The normalized spacial score (nSPS) is 13.0. The van der Waals surface area contributed by atoms with Crippen molar-refractivity contribution >= 4 is 5.97 Å². The lowest BCUT2D eigenvalue weighted by molar-refractivity contribution is -0.154. The van der Waals surface area contributed by atoms with Crippen molar-refractivity contribution in [3.8, 4) is 16.9 Å². The Balaban J connectivity index is 1.86. The summed E-state index contributed by atoms with van der Waals surface area (Å²) in [6.07, 6.45) is 0. The maximum absolute atomic E-state index is 13.0. The zero-order valence-electron chi connectivity index (χ0n) is 13.6. The largest absolute Gasteiger partial charge is 0.478 e. The minimum absolute atomic E-state index is 0.288. The summed E-state index contributed by atoms with van der Waals surface area (Å²) in [4.78, 5) is 11.8. The Morgan fingerprint density at radius 3 is 1.92 bits per heavy atom. The van der Waals surface area contributed by atoms with Crippen molar-refractivity contribution in [3.63, 3.8) is 0 Å². The molecule has 0 saturated carbocycles. The molecule has 0 radical (unpaired) electrons. The van der Waals surface area contributed by atoms with Gasteiger partial charge in [-0.2, -0.15) is 0 Å². The van der Waals surface area contributed by atoms with Gasteiger partial charge < -0.3 is 9.84 Å². The van der Waals surface area contributed by atoms with Crippen molar-refractivity contribution in [3.05, 3.63) is 90.2 Å². The molecule has 1 N–H and O–H groups in total. The van der Waals surface area contributed by atoms with Gasteiger partial charge in [-0.25, -0.2) is 9.18 Å². The Labute approximate surface area is 145 Å². The first-order chi connectivity index (χ1) is 12.0. The fraction of sp³-hybridized carbons (Fsp3) is 0.0952. The molecular formula is C21H17FO3. The zero-order valence-corrected chi connectivity index (χ0v) is 13.6. The summed E-state index contributed by atoms with van der Waals surface area (Å²) >= 11 is 0. The molecule has 0 fully saturated rings. The van der Waals surface area contributed by atoms with E-state index in [1.165, 1.54) is 19.1 Å². The summed E-state index contributed by atoms with van der Waals surface area (Å²) in [6.45, 7) is 1.53. The van der Waals surface area contributed by atoms with E-state index in [9.17, 15) is 14.3 Å². The van der Waals surface area contributed by atoms with Gasteiger partial charge in [0.05, 0.1) is 0 Å². The summed E-state index contributed by atoms with van der Waals surface area (Å²) in [7, 11) is 0. The van der Waals surface area contributed by atoms with Crippen molar-refractivity contribution in [1.82, 2.24) is 0 Å². The molecule has 0 bridgehead atoms. The highest BCUT2D eigenvalue weighted by Gasteiger charge is 2.37. The molecule has 3 rings (SSSR count). The van der Waals surface area contributed by atoms with Crippen molar-refractivity contribution < 1.29 is 19.0 Å². The van der Waals surface area contributed by atoms with Gasteiger partial charge in [-0.05, 0) is 42.3 Å². The van der Waals surface area contributed by atoms with E-state index in [0.717, 1.165) is 11.1 Å². The molecule has 3 aromatic carbocycles. The third-order valence-electron chi connectivity index (χ3n) is 4.09. The van der Waals surface area contributed by atoms with Gasteiger partial charge in [0.1, 0.15) is 11.6 Å². The average molecular weight is 336 g/mol. The maximum atomic E-state index is 13.0. The van der Waals surface area contributed by atoms with Crippen LogP contribution < -0.4 is 4.74 Å². The van der Waals surface area contributed by atoms with Crippen molar-refractivity contribution in [2.45, 2.75) is 12.5 Å². The number of rotatable bonds is 5. The zero-order chi connectivity index (χ0) is 17.9. The summed E-state index contributed by atoms with van der Waals surface area (Å²) in [6, 6.07) is 22.1. The van der Waals surface area contributed by atoms with Gasteiger partial charge in [0.15, 0.2) is 0 Å². The van der Waals surface area contributed by atoms with Crippen molar-refractivity contribution in [2.75, 3.05) is 0 Å². The third kappa shape index (κ3) is 3.53. The predicted molar refractivity (Wildman–Crippen MR) is 93.9 cm³/mol. The Morgan fingerprint density at radius 1 is 0.880 bits per heavy atom. The SMILES string of the molecule is CC(Oc1ccc(-c2ccc(F)cc2)cc1)(C(=O)O)c1ccccc1. The van der Waals surface area contributed by atoms with E-state index in [4.69, 9.17) is 4.74 Å². The molecule has 4 heteroatoms. The molecular weight excluding hydrogens is 319 g/mol. The average Bonchev–Trinajstić information content (AvgIpc) is 2.63. The highest BCUT2D eigenvalue weighted by Crippen LogP contribution is 2.30. The summed E-state index contributed by atoms with van der Waals surface area (Å²) in [5.74, 6) is -0.912. The monoisotopic (exact) mass is 336 g/mol. The van der Waals surface area contributed by atoms with Crippen LogP contribution in [0.25, 0.3) is 11.1 Å². The minimum Gasteiger partial charge on any atom is -0.478 e. The molecule has 0 heterocycles. The molecule has 0 spiro atoms. The van der Waals surface area contributed by atoms with Gasteiger partial charge in [0.2, 0.25) is 5.60 Å². The van der Waals surface area contributed by atoms with Crippen LogP contribution in [0.2, 0.25) is 0 Å². The molecule has 1 atom stereocenters. The first-order valence-corrected chi connectivity index (χ1v) is 7.83. The summed E-state index contributed by atoms with van der Waals surface area (Å²) < 4.78 is 18.8. The standard InChI is InChI=1S/C21H17FO3/c1-21(20(23)24,17-5-3-2-4-6-17)25-19-13-9-16(10-14-19)15-7-11-18(22)12-8-15/h2-14H,1H3,(H,23,24). The van der Waals surface area contributed by atoms with E-state index in [2.05, 4.69) is 0 Å². The van der Waals surface area contributed by atoms with Crippen LogP contribution in [0.4, 0.5) is 4.39 Å². The Bertz CT molecular complexity index is 858. The quantitative estimate of drug-likeness (QED) is 0.723. The van der Waals surface area contributed by atoms with E-state index in [0.29, 0.717) is 11.3 Å². The number of carbonyl (C=O) groups is 1. The molecule has 25 heavy (non-hydrogen) atoms. The number of carboxylic acids is 1. The van der Waals surface area contributed by atoms with E-state index in [1.807, 2.05) is 18.2 Å². The highest BCUT2D eigenvalue weighted by molar-refractivity contribution is 5.79. The number of carboxylic acid groups (broad SMARTS) is 1. The topological polar surface area (TPSA) is 46.5 Å². The fourth-order valence-electron chi connectivity index (χ4n) is 2.58. The molecule has 0 aliphatic heterocycles. The minimum atomic E-state index is -1.49. The Kier molecular flexibility index (Phi) is 4.52. The van der Waals surface area contributed by atoms with Gasteiger partial charge >= 0.3 is 5.97 Å². The van der Waals surface area contributed by atoms with Gasteiger partial charge in [-0.3, -0.25) is 0 Å². The van der Waals surface area contributed by atoms with Gasteiger partial charge in [0, 0.05) is 5.56 Å². The van der Waals surface area contributed by atoms with Crippen molar-refractivity contribution in [1.29, 1.82) is 0 Å². The van der Waals surface area contributed by atoms with E-state index < -0.39 is 11.6 Å². The molecule has 0 aliphatic rings. The molecule has 3 aromatic rings. The molecule has 3 nitrogen and oxygen atoms in total. The van der Waals surface area contributed by atoms with E-state index in [1.54, 1.807) is 48.5 Å². The molecule has 0 aliphatic carbocycles. The fourth-order valence-corrected chi connectivity index (χ4v) is 2.58. The number of halogens is 1. The van der Waals surface area contributed by atoms with Gasteiger partial charge in [-0.1, -0.05) is 54.6 Å². The summed E-state index contributed by atoms with van der Waals surface area (Å²) in [5, 5.41) is 9.65. The molecule has 126 valence electrons. The number of aliphatic carboxylic acids is 1. The van der Waals surface area contributed by atoms with Crippen LogP contribution in [0, 0.1) is 5.82 Å². The lowest BCUT2D eigenvalue weighted by Gasteiger charge is -2.27. The Hall–Kier alpha value is -3.14. The molecule has 0 amide bonds. The molecule has 0 saturated heterocycles. The smallest absolute Gasteiger partial charge is 0.352 e. The highest BCUT2D eigenvalue weighted by atomic mass is 19.1. The van der Waals surface area contributed by atoms with E-state index in [-0.39, 0.29) is 5.82 Å². The Morgan fingerprint density at radius 2 is 1.40 bits per heavy atom. The van der Waals surface area contributed by atoms with Crippen molar-refractivity contribution in [2.24, 2.45) is 0 Å². The van der Waals surface area contributed by atoms with Crippen LogP contribution in [-0.2, 0) is 10.4 Å². The maximum Gasteiger partial charge on any atom is 0.352 e. The van der Waals surface area contributed by atoms with Crippen LogP contribution in [-0.4, -0.2) is 11.1 Å². The van der Waals surface area contributed by atoms with Crippen LogP contribution in [0.3, 0.4) is 0 Å². The lowest BCUT2D eigenvalue weighted by atomic mass is 9.96. The third-order valence-corrected chi connectivity index (χ3v) is 4.09. The number of hydrogen-bond acceptors (Lipinski definition) is 2. The number of hydrogen-bond donors (Lipinski definition) is 1. The number of benzene rings is 3. The number of ether oxygens (including phenoxy) is 1. The van der Waals surface area contributed by atoms with Gasteiger partial charge in [0.25, 0.3) is 0 Å². The van der Waals surface area contributed by atoms with Crippen LogP contribution in [0.1, 0.15) is 12.5 Å². The second kappa shape index (κ2) is 6.77. The second-order valence-electron chi connectivity index (χ2n) is 5.84. The first-order valence-electron chi connectivity index (χ1n) is 7.83.